The molecule has 0 aromatic rings. The fraction of sp³-hybridized carbons (Fsp3) is 1.00. The highest BCUT2D eigenvalue weighted by molar-refractivity contribution is 4.55. The van der Waals surface area contributed by atoms with Crippen LogP contribution in [0, 0.1) is 5.92 Å². The van der Waals surface area contributed by atoms with Gasteiger partial charge in [-0.25, -0.2) is 0 Å². The summed E-state index contributed by atoms with van der Waals surface area (Å²) >= 11 is 0. The topological polar surface area (TPSA) is 0 Å². The molecule has 86 valence electrons. The van der Waals surface area contributed by atoms with Gasteiger partial charge in [-0.2, -0.15) is 13.2 Å². The van der Waals surface area contributed by atoms with Crippen LogP contribution in [0.4, 0.5) is 13.2 Å². The van der Waals surface area contributed by atoms with Gasteiger partial charge in [-0.3, -0.25) is 0 Å². The number of hydrogen-bond donors (Lipinski definition) is 0. The molecule has 0 radical (unpaired) electrons. The third-order valence-electron chi connectivity index (χ3n) is 2.44. The van der Waals surface area contributed by atoms with Crippen LogP contribution >= 0.6 is 0 Å². The number of rotatable bonds is 7. The zero-order valence-electron chi connectivity index (χ0n) is 9.16. The molecule has 3 heteroatoms. The molecule has 0 N–H and O–H groups in total. The Morgan fingerprint density at radius 1 is 1.00 bits per heavy atom. The zero-order valence-corrected chi connectivity index (χ0v) is 9.16. The van der Waals surface area contributed by atoms with E-state index >= 15 is 0 Å². The van der Waals surface area contributed by atoms with Crippen molar-refractivity contribution in [1.29, 1.82) is 0 Å². The molecular weight excluding hydrogens is 189 g/mol. The first-order valence-corrected chi connectivity index (χ1v) is 5.52. The van der Waals surface area contributed by atoms with Gasteiger partial charge in [0.2, 0.25) is 0 Å². The largest absolute Gasteiger partial charge is 0.389 e. The summed E-state index contributed by atoms with van der Waals surface area (Å²) in [6, 6.07) is 0. The predicted octanol–water partition coefficient (Wildman–Crippen LogP) is 4.94. The summed E-state index contributed by atoms with van der Waals surface area (Å²) < 4.78 is 35.3. The Morgan fingerprint density at radius 3 is 2.14 bits per heavy atom. The van der Waals surface area contributed by atoms with Crippen molar-refractivity contribution in [3.8, 4) is 0 Å². The van der Waals surface area contributed by atoms with Crippen molar-refractivity contribution in [2.24, 2.45) is 5.92 Å². The number of alkyl halides is 3. The van der Waals surface area contributed by atoms with Crippen LogP contribution in [0.2, 0.25) is 0 Å². The van der Waals surface area contributed by atoms with Gasteiger partial charge in [0.05, 0.1) is 0 Å². The Labute approximate surface area is 84.9 Å². The molecule has 0 aliphatic heterocycles. The number of hydrogen-bond acceptors (Lipinski definition) is 0. The maximum absolute atomic E-state index is 11.8. The van der Waals surface area contributed by atoms with E-state index in [0.717, 1.165) is 12.8 Å². The van der Waals surface area contributed by atoms with Gasteiger partial charge < -0.3 is 0 Å². The van der Waals surface area contributed by atoms with E-state index in [4.69, 9.17) is 0 Å². The molecule has 0 saturated carbocycles. The van der Waals surface area contributed by atoms with Crippen LogP contribution in [0.5, 0.6) is 0 Å². The molecule has 0 aliphatic carbocycles. The second-order valence-electron chi connectivity index (χ2n) is 4.11. The standard InChI is InChI=1S/C11H21F3/c1-3-7-10(2)8-5-4-6-9-11(12,13)14/h10H,3-9H2,1-2H3. The Kier molecular flexibility index (Phi) is 7.02. The summed E-state index contributed by atoms with van der Waals surface area (Å²) in [5.41, 5.74) is 0. The van der Waals surface area contributed by atoms with Crippen molar-refractivity contribution in [2.75, 3.05) is 0 Å². The van der Waals surface area contributed by atoms with E-state index in [2.05, 4.69) is 13.8 Å². The van der Waals surface area contributed by atoms with E-state index in [1.54, 1.807) is 0 Å². The molecule has 0 aromatic heterocycles. The molecule has 0 aliphatic rings. The summed E-state index contributed by atoms with van der Waals surface area (Å²) in [4.78, 5) is 0. The van der Waals surface area contributed by atoms with Crippen LogP contribution in [0.15, 0.2) is 0 Å². The monoisotopic (exact) mass is 210 g/mol. The highest BCUT2D eigenvalue weighted by Crippen LogP contribution is 2.23. The summed E-state index contributed by atoms with van der Waals surface area (Å²) in [5, 5.41) is 0. The first-order chi connectivity index (χ1) is 6.45. The molecule has 0 saturated heterocycles. The van der Waals surface area contributed by atoms with E-state index in [1.807, 2.05) is 0 Å². The minimum atomic E-state index is -3.96. The van der Waals surface area contributed by atoms with Crippen molar-refractivity contribution >= 4 is 0 Å². The minimum absolute atomic E-state index is 0.294. The molecule has 0 bridgehead atoms. The van der Waals surface area contributed by atoms with Crippen LogP contribution < -0.4 is 0 Å². The summed E-state index contributed by atoms with van der Waals surface area (Å²) in [5.74, 6) is 0.672. The highest BCUT2D eigenvalue weighted by Gasteiger charge is 2.25. The first kappa shape index (κ1) is 13.8. The third-order valence-corrected chi connectivity index (χ3v) is 2.44. The van der Waals surface area contributed by atoms with Crippen LogP contribution in [0.1, 0.15) is 58.8 Å². The molecule has 14 heavy (non-hydrogen) atoms. The fourth-order valence-electron chi connectivity index (χ4n) is 1.63. The Morgan fingerprint density at radius 2 is 1.64 bits per heavy atom. The number of halogens is 3. The normalized spacial score (nSPS) is 14.4. The molecule has 1 unspecified atom stereocenters. The zero-order chi connectivity index (χ0) is 11.0. The lowest BCUT2D eigenvalue weighted by Crippen LogP contribution is -2.06. The van der Waals surface area contributed by atoms with Gasteiger partial charge in [-0.1, -0.05) is 46.0 Å². The maximum Gasteiger partial charge on any atom is 0.389 e. The van der Waals surface area contributed by atoms with Crippen molar-refractivity contribution < 1.29 is 13.2 Å². The second kappa shape index (κ2) is 7.13. The quantitative estimate of drug-likeness (QED) is 0.522. The van der Waals surface area contributed by atoms with Crippen LogP contribution in [0.3, 0.4) is 0 Å². The van der Waals surface area contributed by atoms with Crippen LogP contribution in [-0.2, 0) is 0 Å². The fourth-order valence-corrected chi connectivity index (χ4v) is 1.63. The van der Waals surface area contributed by atoms with E-state index in [1.165, 1.54) is 12.8 Å². The highest BCUT2D eigenvalue weighted by atomic mass is 19.4. The van der Waals surface area contributed by atoms with Gasteiger partial charge in [-0.15, -0.1) is 0 Å². The molecule has 0 fully saturated rings. The van der Waals surface area contributed by atoms with Crippen molar-refractivity contribution in [1.82, 2.24) is 0 Å². The van der Waals surface area contributed by atoms with Gasteiger partial charge in [0, 0.05) is 6.42 Å². The molecule has 0 rings (SSSR count). The van der Waals surface area contributed by atoms with Gasteiger partial charge in [-0.05, 0) is 12.3 Å². The number of unbranched alkanes of at least 4 members (excludes halogenated alkanes) is 2. The van der Waals surface area contributed by atoms with Crippen molar-refractivity contribution in [2.45, 2.75) is 65.0 Å². The van der Waals surface area contributed by atoms with Gasteiger partial charge in [0.15, 0.2) is 0 Å². The van der Waals surface area contributed by atoms with Crippen LogP contribution in [0.25, 0.3) is 0 Å². The van der Waals surface area contributed by atoms with Crippen LogP contribution in [-0.4, -0.2) is 6.18 Å². The van der Waals surface area contributed by atoms with Gasteiger partial charge in [0.25, 0.3) is 0 Å². The average Bonchev–Trinajstić information content (AvgIpc) is 2.02. The molecule has 0 nitrogen and oxygen atoms in total. The second-order valence-corrected chi connectivity index (χ2v) is 4.11. The van der Waals surface area contributed by atoms with E-state index < -0.39 is 12.6 Å². The lowest BCUT2D eigenvalue weighted by atomic mass is 9.98. The lowest BCUT2D eigenvalue weighted by molar-refractivity contribution is -0.135. The van der Waals surface area contributed by atoms with Gasteiger partial charge >= 0.3 is 6.18 Å². The van der Waals surface area contributed by atoms with Crippen molar-refractivity contribution in [3.05, 3.63) is 0 Å². The third kappa shape index (κ3) is 9.87. The van der Waals surface area contributed by atoms with Crippen molar-refractivity contribution in [3.63, 3.8) is 0 Å². The SMILES string of the molecule is CCCC(C)CCCCCC(F)(F)F. The maximum atomic E-state index is 11.8. The first-order valence-electron chi connectivity index (χ1n) is 5.52. The average molecular weight is 210 g/mol. The molecule has 0 heterocycles. The Balaban J connectivity index is 3.21. The molecular formula is C11H21F3. The van der Waals surface area contributed by atoms with Gasteiger partial charge in [0.1, 0.15) is 0 Å². The summed E-state index contributed by atoms with van der Waals surface area (Å²) in [6.07, 6.45) is 0.812. The Hall–Kier alpha value is -0.210. The summed E-state index contributed by atoms with van der Waals surface area (Å²) in [7, 11) is 0. The molecule has 0 spiro atoms. The Bertz CT molecular complexity index is 129. The smallest absolute Gasteiger partial charge is 0.171 e. The van der Waals surface area contributed by atoms with E-state index in [-0.39, 0.29) is 0 Å². The predicted molar refractivity (Wildman–Crippen MR) is 53.2 cm³/mol. The molecule has 0 amide bonds. The van der Waals surface area contributed by atoms with E-state index in [9.17, 15) is 13.2 Å². The van der Waals surface area contributed by atoms with E-state index in [0.29, 0.717) is 18.8 Å². The molecule has 0 aromatic carbocycles. The summed E-state index contributed by atoms with van der Waals surface area (Å²) in [6.45, 7) is 4.31. The molecule has 1 atom stereocenters. The lowest BCUT2D eigenvalue weighted by Gasteiger charge is -2.09. The minimum Gasteiger partial charge on any atom is -0.171 e.